The fourth-order valence-electron chi connectivity index (χ4n) is 4.71. The van der Waals surface area contributed by atoms with E-state index in [1.165, 1.54) is 49.0 Å². The molecule has 0 aliphatic carbocycles. The monoisotopic (exact) mass is 346 g/mol. The van der Waals surface area contributed by atoms with Gasteiger partial charge in [-0.1, -0.05) is 20.3 Å². The fraction of sp³-hybridized carbons (Fsp3) is 0.714. The van der Waals surface area contributed by atoms with E-state index in [4.69, 9.17) is 9.47 Å². The number of ether oxygens (including phenoxy) is 2. The zero-order valence-corrected chi connectivity index (χ0v) is 16.4. The summed E-state index contributed by atoms with van der Waals surface area (Å²) in [6.07, 6.45) is 6.15. The number of hydrogen-bond donors (Lipinski definition) is 0. The zero-order valence-electron chi connectivity index (χ0n) is 16.4. The lowest BCUT2D eigenvalue weighted by Crippen LogP contribution is -2.36. The molecule has 140 valence electrons. The van der Waals surface area contributed by atoms with Crippen molar-refractivity contribution in [3.05, 3.63) is 22.8 Å². The molecule has 1 aromatic carbocycles. The van der Waals surface area contributed by atoms with Gasteiger partial charge in [-0.25, -0.2) is 0 Å². The molecule has 0 saturated carbocycles. The number of likely N-dealkylation sites (tertiary alicyclic amines) is 1. The number of nitrogens with zero attached hydrogens (tertiary/aromatic N) is 2. The second-order valence-electron chi connectivity index (χ2n) is 7.30. The van der Waals surface area contributed by atoms with Gasteiger partial charge in [0.2, 0.25) is 0 Å². The van der Waals surface area contributed by atoms with E-state index in [-0.39, 0.29) is 0 Å². The van der Waals surface area contributed by atoms with Gasteiger partial charge in [0.25, 0.3) is 0 Å². The van der Waals surface area contributed by atoms with Crippen molar-refractivity contribution in [2.24, 2.45) is 0 Å². The third-order valence-corrected chi connectivity index (χ3v) is 5.94. The normalized spacial score (nSPS) is 21.8. The van der Waals surface area contributed by atoms with Gasteiger partial charge in [-0.05, 0) is 51.4 Å². The van der Waals surface area contributed by atoms with E-state index < -0.39 is 0 Å². The highest BCUT2D eigenvalue weighted by Crippen LogP contribution is 2.44. The van der Waals surface area contributed by atoms with Crippen molar-refractivity contribution in [3.8, 4) is 11.5 Å². The van der Waals surface area contributed by atoms with E-state index in [1.54, 1.807) is 0 Å². The quantitative estimate of drug-likeness (QED) is 0.777. The number of benzene rings is 1. The second kappa shape index (κ2) is 8.41. The Morgan fingerprint density at radius 1 is 1.04 bits per heavy atom. The molecule has 0 aromatic heterocycles. The van der Waals surface area contributed by atoms with Crippen molar-refractivity contribution in [2.45, 2.75) is 58.5 Å². The maximum atomic E-state index is 5.95. The second-order valence-corrected chi connectivity index (χ2v) is 7.30. The van der Waals surface area contributed by atoms with E-state index >= 15 is 0 Å². The standard InChI is InChI=1S/C21H34N2O2/c1-5-18-20-17(10-13-23(18)6-2)21(25-4)16(14-19(20)24-3)15-22-11-8-7-9-12-22/h14,18H,5-13,15H2,1-4H3. The van der Waals surface area contributed by atoms with Crippen LogP contribution in [0.2, 0.25) is 0 Å². The highest BCUT2D eigenvalue weighted by atomic mass is 16.5. The lowest BCUT2D eigenvalue weighted by molar-refractivity contribution is 0.182. The highest BCUT2D eigenvalue weighted by Gasteiger charge is 2.32. The topological polar surface area (TPSA) is 24.9 Å². The molecular weight excluding hydrogens is 312 g/mol. The van der Waals surface area contributed by atoms with Gasteiger partial charge < -0.3 is 9.47 Å². The Morgan fingerprint density at radius 3 is 2.40 bits per heavy atom. The lowest BCUT2D eigenvalue weighted by atomic mass is 9.87. The van der Waals surface area contributed by atoms with Crippen LogP contribution in [0.3, 0.4) is 0 Å². The average molecular weight is 347 g/mol. The molecule has 0 bridgehead atoms. The van der Waals surface area contributed by atoms with Gasteiger partial charge in [0.1, 0.15) is 11.5 Å². The van der Waals surface area contributed by atoms with E-state index in [0.29, 0.717) is 6.04 Å². The first-order chi connectivity index (χ1) is 12.2. The summed E-state index contributed by atoms with van der Waals surface area (Å²) in [6.45, 7) is 10.1. The summed E-state index contributed by atoms with van der Waals surface area (Å²) < 4.78 is 11.8. The lowest BCUT2D eigenvalue weighted by Gasteiger charge is -2.38. The predicted octanol–water partition coefficient (Wildman–Crippen LogP) is 4.02. The first kappa shape index (κ1) is 18.5. The molecule has 2 heterocycles. The first-order valence-electron chi connectivity index (χ1n) is 9.96. The Bertz CT molecular complexity index is 582. The zero-order chi connectivity index (χ0) is 17.8. The molecule has 1 saturated heterocycles. The third kappa shape index (κ3) is 3.65. The molecule has 0 N–H and O–H groups in total. The fourth-order valence-corrected chi connectivity index (χ4v) is 4.71. The molecule has 0 spiro atoms. The van der Waals surface area contributed by atoms with Crippen molar-refractivity contribution in [1.29, 1.82) is 0 Å². The number of methoxy groups -OCH3 is 2. The van der Waals surface area contributed by atoms with Crippen molar-refractivity contribution in [1.82, 2.24) is 9.80 Å². The van der Waals surface area contributed by atoms with Crippen LogP contribution in [-0.4, -0.2) is 50.2 Å². The molecule has 3 rings (SSSR count). The molecule has 0 amide bonds. The molecule has 4 heteroatoms. The van der Waals surface area contributed by atoms with Crippen LogP contribution in [-0.2, 0) is 13.0 Å². The number of fused-ring (bicyclic) bond motifs is 1. The summed E-state index contributed by atoms with van der Waals surface area (Å²) in [5, 5.41) is 0. The minimum Gasteiger partial charge on any atom is -0.496 e. The van der Waals surface area contributed by atoms with E-state index in [2.05, 4.69) is 29.7 Å². The van der Waals surface area contributed by atoms with Gasteiger partial charge in [-0.15, -0.1) is 0 Å². The predicted molar refractivity (Wildman–Crippen MR) is 103 cm³/mol. The summed E-state index contributed by atoms with van der Waals surface area (Å²) in [6, 6.07) is 2.68. The van der Waals surface area contributed by atoms with Crippen LogP contribution in [0.5, 0.6) is 11.5 Å². The van der Waals surface area contributed by atoms with Gasteiger partial charge >= 0.3 is 0 Å². The number of rotatable bonds is 6. The molecular formula is C21H34N2O2. The Kier molecular flexibility index (Phi) is 6.24. The van der Waals surface area contributed by atoms with Crippen LogP contribution in [0.4, 0.5) is 0 Å². The van der Waals surface area contributed by atoms with Gasteiger partial charge in [0.05, 0.1) is 14.2 Å². The average Bonchev–Trinajstić information content (AvgIpc) is 2.67. The Labute approximate surface area is 153 Å². The molecule has 1 fully saturated rings. The minimum atomic E-state index is 0.432. The smallest absolute Gasteiger partial charge is 0.127 e. The molecule has 2 aliphatic heterocycles. The van der Waals surface area contributed by atoms with Gasteiger partial charge in [0.15, 0.2) is 0 Å². The van der Waals surface area contributed by atoms with Crippen LogP contribution in [0.15, 0.2) is 6.07 Å². The SMILES string of the molecule is CCC1c2c(OC)cc(CN3CCCCC3)c(OC)c2CCN1CC. The van der Waals surface area contributed by atoms with E-state index in [1.807, 2.05) is 14.2 Å². The van der Waals surface area contributed by atoms with Crippen molar-refractivity contribution in [3.63, 3.8) is 0 Å². The molecule has 25 heavy (non-hydrogen) atoms. The third-order valence-electron chi connectivity index (χ3n) is 5.94. The summed E-state index contributed by atoms with van der Waals surface area (Å²) >= 11 is 0. The van der Waals surface area contributed by atoms with E-state index in [0.717, 1.165) is 44.0 Å². The first-order valence-corrected chi connectivity index (χ1v) is 9.96. The molecule has 1 unspecified atom stereocenters. The molecule has 0 radical (unpaired) electrons. The molecule has 4 nitrogen and oxygen atoms in total. The Morgan fingerprint density at radius 2 is 1.80 bits per heavy atom. The van der Waals surface area contributed by atoms with Crippen molar-refractivity contribution < 1.29 is 9.47 Å². The molecule has 1 atom stereocenters. The van der Waals surface area contributed by atoms with Gasteiger partial charge in [-0.3, -0.25) is 9.80 Å². The largest absolute Gasteiger partial charge is 0.496 e. The van der Waals surface area contributed by atoms with Gasteiger partial charge in [-0.2, -0.15) is 0 Å². The Hall–Kier alpha value is -1.26. The summed E-state index contributed by atoms with van der Waals surface area (Å²) in [5.41, 5.74) is 4.03. The highest BCUT2D eigenvalue weighted by molar-refractivity contribution is 5.56. The van der Waals surface area contributed by atoms with E-state index in [9.17, 15) is 0 Å². The van der Waals surface area contributed by atoms with Crippen LogP contribution in [0.25, 0.3) is 0 Å². The van der Waals surface area contributed by atoms with Crippen molar-refractivity contribution >= 4 is 0 Å². The summed E-state index contributed by atoms with van der Waals surface area (Å²) in [7, 11) is 3.64. The van der Waals surface area contributed by atoms with Crippen molar-refractivity contribution in [2.75, 3.05) is 40.4 Å². The Balaban J connectivity index is 2.01. The van der Waals surface area contributed by atoms with Crippen LogP contribution >= 0.6 is 0 Å². The number of piperidine rings is 1. The van der Waals surface area contributed by atoms with Gasteiger partial charge in [0, 0.05) is 35.8 Å². The number of likely N-dealkylation sites (N-methyl/N-ethyl adjacent to an activating group) is 1. The van der Waals surface area contributed by atoms with Crippen LogP contribution in [0, 0.1) is 0 Å². The maximum Gasteiger partial charge on any atom is 0.127 e. The minimum absolute atomic E-state index is 0.432. The molecule has 1 aromatic rings. The number of hydrogen-bond acceptors (Lipinski definition) is 4. The van der Waals surface area contributed by atoms with Crippen LogP contribution < -0.4 is 9.47 Å². The maximum absolute atomic E-state index is 5.95. The van der Waals surface area contributed by atoms with Crippen LogP contribution in [0.1, 0.15) is 62.3 Å². The summed E-state index contributed by atoms with van der Waals surface area (Å²) in [5.74, 6) is 2.16. The summed E-state index contributed by atoms with van der Waals surface area (Å²) in [4.78, 5) is 5.13. The molecule has 2 aliphatic rings.